The molecule has 19 heavy (non-hydrogen) atoms. The summed E-state index contributed by atoms with van der Waals surface area (Å²) in [6.45, 7) is 8.55. The second-order valence-electron chi connectivity index (χ2n) is 5.17. The standard InChI is InChI=1S/C13H28N4O2/c1-12(17-7-4-14-5-8-17)13(18)15-6-10-19-11-9-16(2)3/h12,14H,4-11H2,1-3H3,(H,15,18). The number of carbonyl (C=O) groups is 1. The summed E-state index contributed by atoms with van der Waals surface area (Å²) in [6.07, 6.45) is 0. The van der Waals surface area contributed by atoms with Crippen molar-refractivity contribution < 1.29 is 9.53 Å². The number of rotatable bonds is 8. The predicted octanol–water partition coefficient (Wildman–Crippen LogP) is -1.03. The normalized spacial score (nSPS) is 18.5. The number of nitrogens with zero attached hydrogens (tertiary/aromatic N) is 2. The molecule has 1 amide bonds. The van der Waals surface area contributed by atoms with Crippen LogP contribution in [0.5, 0.6) is 0 Å². The van der Waals surface area contributed by atoms with Gasteiger partial charge in [0.1, 0.15) is 0 Å². The number of hydrogen-bond acceptors (Lipinski definition) is 5. The zero-order chi connectivity index (χ0) is 14.1. The number of nitrogens with one attached hydrogen (secondary N) is 2. The second kappa shape index (κ2) is 9.25. The maximum absolute atomic E-state index is 11.9. The van der Waals surface area contributed by atoms with Crippen molar-refractivity contribution in [2.45, 2.75) is 13.0 Å². The first-order valence-electron chi connectivity index (χ1n) is 7.06. The summed E-state index contributed by atoms with van der Waals surface area (Å²) < 4.78 is 5.44. The molecule has 1 heterocycles. The van der Waals surface area contributed by atoms with Gasteiger partial charge in [0.05, 0.1) is 19.3 Å². The maximum atomic E-state index is 11.9. The number of amides is 1. The van der Waals surface area contributed by atoms with Crippen LogP contribution in [0.25, 0.3) is 0 Å². The van der Waals surface area contributed by atoms with Crippen molar-refractivity contribution in [2.24, 2.45) is 0 Å². The Morgan fingerprint density at radius 2 is 2.05 bits per heavy atom. The first-order valence-corrected chi connectivity index (χ1v) is 7.06. The molecule has 1 rings (SSSR count). The van der Waals surface area contributed by atoms with Crippen LogP contribution in [0, 0.1) is 0 Å². The van der Waals surface area contributed by atoms with E-state index in [0.717, 1.165) is 32.7 Å². The van der Waals surface area contributed by atoms with Crippen LogP contribution in [-0.2, 0) is 9.53 Å². The van der Waals surface area contributed by atoms with Crippen molar-refractivity contribution in [2.75, 3.05) is 66.6 Å². The molecule has 0 radical (unpaired) electrons. The van der Waals surface area contributed by atoms with Crippen molar-refractivity contribution in [1.82, 2.24) is 20.4 Å². The summed E-state index contributed by atoms with van der Waals surface area (Å²) in [6, 6.07) is -0.0520. The van der Waals surface area contributed by atoms with E-state index < -0.39 is 0 Å². The highest BCUT2D eigenvalue weighted by molar-refractivity contribution is 5.81. The molecule has 0 saturated carbocycles. The lowest BCUT2D eigenvalue weighted by molar-refractivity contribution is -0.126. The van der Waals surface area contributed by atoms with Gasteiger partial charge in [-0.2, -0.15) is 0 Å². The van der Waals surface area contributed by atoms with Crippen molar-refractivity contribution in [3.8, 4) is 0 Å². The number of piperazine rings is 1. The molecule has 0 aliphatic carbocycles. The molecular formula is C13H28N4O2. The highest BCUT2D eigenvalue weighted by atomic mass is 16.5. The van der Waals surface area contributed by atoms with E-state index >= 15 is 0 Å². The fourth-order valence-electron chi connectivity index (χ4n) is 1.98. The molecule has 1 aliphatic rings. The van der Waals surface area contributed by atoms with Gasteiger partial charge in [-0.05, 0) is 21.0 Å². The van der Waals surface area contributed by atoms with E-state index in [4.69, 9.17) is 4.74 Å². The Kier molecular flexibility index (Phi) is 7.97. The molecule has 0 bridgehead atoms. The molecule has 0 aromatic rings. The summed E-state index contributed by atoms with van der Waals surface area (Å²) >= 11 is 0. The van der Waals surface area contributed by atoms with Gasteiger partial charge < -0.3 is 20.3 Å². The fourth-order valence-corrected chi connectivity index (χ4v) is 1.98. The van der Waals surface area contributed by atoms with E-state index in [0.29, 0.717) is 19.8 Å². The largest absolute Gasteiger partial charge is 0.378 e. The van der Waals surface area contributed by atoms with Crippen LogP contribution in [0.2, 0.25) is 0 Å². The molecule has 2 N–H and O–H groups in total. The first-order chi connectivity index (χ1) is 9.11. The van der Waals surface area contributed by atoms with Gasteiger partial charge in [0.2, 0.25) is 5.91 Å². The van der Waals surface area contributed by atoms with Crippen LogP contribution in [0.1, 0.15) is 6.92 Å². The van der Waals surface area contributed by atoms with Crippen molar-refractivity contribution in [3.63, 3.8) is 0 Å². The van der Waals surface area contributed by atoms with Crippen LogP contribution in [0.4, 0.5) is 0 Å². The minimum Gasteiger partial charge on any atom is -0.378 e. The van der Waals surface area contributed by atoms with Crippen LogP contribution in [0.3, 0.4) is 0 Å². The van der Waals surface area contributed by atoms with E-state index in [1.165, 1.54) is 0 Å². The lowest BCUT2D eigenvalue weighted by atomic mass is 10.2. The van der Waals surface area contributed by atoms with Gasteiger partial charge in [-0.1, -0.05) is 0 Å². The Labute approximate surface area is 116 Å². The smallest absolute Gasteiger partial charge is 0.237 e. The summed E-state index contributed by atoms with van der Waals surface area (Å²) in [5.41, 5.74) is 0. The molecule has 0 spiro atoms. The molecule has 112 valence electrons. The van der Waals surface area contributed by atoms with Crippen LogP contribution >= 0.6 is 0 Å². The fraction of sp³-hybridized carbons (Fsp3) is 0.923. The zero-order valence-corrected chi connectivity index (χ0v) is 12.4. The Hall–Kier alpha value is -0.690. The number of hydrogen-bond donors (Lipinski definition) is 2. The molecule has 1 atom stereocenters. The van der Waals surface area contributed by atoms with Gasteiger partial charge in [-0.15, -0.1) is 0 Å². The number of ether oxygens (including phenoxy) is 1. The third-order valence-electron chi connectivity index (χ3n) is 3.31. The molecule has 1 fully saturated rings. The summed E-state index contributed by atoms with van der Waals surface area (Å²) in [5.74, 6) is 0.0955. The highest BCUT2D eigenvalue weighted by Crippen LogP contribution is 2.00. The van der Waals surface area contributed by atoms with Crippen molar-refractivity contribution in [1.29, 1.82) is 0 Å². The van der Waals surface area contributed by atoms with Crippen LogP contribution in [-0.4, -0.2) is 88.3 Å². The molecule has 1 aliphatic heterocycles. The number of carbonyl (C=O) groups excluding carboxylic acids is 1. The Bertz CT molecular complexity index is 255. The topological polar surface area (TPSA) is 56.8 Å². The number of likely N-dealkylation sites (N-methyl/N-ethyl adjacent to an activating group) is 1. The van der Waals surface area contributed by atoms with E-state index in [1.807, 2.05) is 21.0 Å². The van der Waals surface area contributed by atoms with Gasteiger partial charge in [-0.25, -0.2) is 0 Å². The van der Waals surface area contributed by atoms with Crippen LogP contribution in [0.15, 0.2) is 0 Å². The minimum atomic E-state index is -0.0520. The van der Waals surface area contributed by atoms with E-state index in [1.54, 1.807) is 0 Å². The Morgan fingerprint density at radius 3 is 2.68 bits per heavy atom. The lowest BCUT2D eigenvalue weighted by Crippen LogP contribution is -2.53. The SMILES string of the molecule is CC(C(=O)NCCOCCN(C)C)N1CCNCC1. The lowest BCUT2D eigenvalue weighted by Gasteiger charge is -2.31. The molecular weight excluding hydrogens is 244 g/mol. The summed E-state index contributed by atoms with van der Waals surface area (Å²) in [7, 11) is 4.03. The van der Waals surface area contributed by atoms with Gasteiger partial charge in [0.15, 0.2) is 0 Å². The average molecular weight is 272 g/mol. The maximum Gasteiger partial charge on any atom is 0.237 e. The second-order valence-corrected chi connectivity index (χ2v) is 5.17. The van der Waals surface area contributed by atoms with Crippen LogP contribution < -0.4 is 10.6 Å². The summed E-state index contributed by atoms with van der Waals surface area (Å²) in [4.78, 5) is 16.2. The Morgan fingerprint density at radius 1 is 1.37 bits per heavy atom. The zero-order valence-electron chi connectivity index (χ0n) is 12.4. The molecule has 0 aromatic carbocycles. The van der Waals surface area contributed by atoms with Gasteiger partial charge in [0, 0.05) is 39.3 Å². The van der Waals surface area contributed by atoms with Gasteiger partial charge >= 0.3 is 0 Å². The van der Waals surface area contributed by atoms with Gasteiger partial charge in [-0.3, -0.25) is 9.69 Å². The van der Waals surface area contributed by atoms with E-state index in [2.05, 4.69) is 20.4 Å². The highest BCUT2D eigenvalue weighted by Gasteiger charge is 2.21. The monoisotopic (exact) mass is 272 g/mol. The average Bonchev–Trinajstić information content (AvgIpc) is 2.42. The quantitative estimate of drug-likeness (QED) is 0.554. The molecule has 6 heteroatoms. The predicted molar refractivity (Wildman–Crippen MR) is 76.3 cm³/mol. The molecule has 0 aromatic heterocycles. The Balaban J connectivity index is 2.06. The first kappa shape index (κ1) is 16.4. The minimum absolute atomic E-state index is 0.0520. The van der Waals surface area contributed by atoms with Crippen molar-refractivity contribution in [3.05, 3.63) is 0 Å². The molecule has 1 unspecified atom stereocenters. The summed E-state index contributed by atoms with van der Waals surface area (Å²) in [5, 5.41) is 6.21. The third kappa shape index (κ3) is 6.87. The van der Waals surface area contributed by atoms with E-state index in [9.17, 15) is 4.79 Å². The molecule has 6 nitrogen and oxygen atoms in total. The van der Waals surface area contributed by atoms with E-state index in [-0.39, 0.29) is 11.9 Å². The molecule has 1 saturated heterocycles. The van der Waals surface area contributed by atoms with Gasteiger partial charge in [0.25, 0.3) is 0 Å². The third-order valence-corrected chi connectivity index (χ3v) is 3.31. The van der Waals surface area contributed by atoms with Crippen molar-refractivity contribution >= 4 is 5.91 Å².